The fourth-order valence-electron chi connectivity index (χ4n) is 4.65. The minimum absolute atomic E-state index is 0.301. The molecule has 2 aliphatic heterocycles. The minimum atomic E-state index is -4.25. The highest BCUT2D eigenvalue weighted by Gasteiger charge is 2.48. The van der Waals surface area contributed by atoms with Crippen LogP contribution in [-0.4, -0.2) is 58.5 Å². The Bertz CT molecular complexity index is 1360. The number of aliphatic hydroxyl groups excluding tert-OH is 1. The summed E-state index contributed by atoms with van der Waals surface area (Å²) in [7, 11) is -4.25. The summed E-state index contributed by atoms with van der Waals surface area (Å²) >= 11 is 0. The fourth-order valence-corrected chi connectivity index (χ4v) is 6.36. The second-order valence-electron chi connectivity index (χ2n) is 10.2. The van der Waals surface area contributed by atoms with Crippen LogP contribution in [0.2, 0.25) is 0 Å². The topological polar surface area (TPSA) is 145 Å². The van der Waals surface area contributed by atoms with Crippen molar-refractivity contribution >= 4 is 30.3 Å². The molecule has 0 bridgehead atoms. The van der Waals surface area contributed by atoms with Crippen LogP contribution in [0.5, 0.6) is 5.75 Å². The van der Waals surface area contributed by atoms with E-state index in [1.165, 1.54) is 6.92 Å². The van der Waals surface area contributed by atoms with Crippen LogP contribution < -0.4 is 15.3 Å². The molecule has 1 saturated heterocycles. The van der Waals surface area contributed by atoms with E-state index in [1.807, 2.05) is 37.3 Å². The molecular formula is C28H37N4O7P. The first kappa shape index (κ1) is 29.8. The zero-order valence-corrected chi connectivity index (χ0v) is 24.2. The first-order chi connectivity index (χ1) is 18.9. The maximum Gasteiger partial charge on any atom is 0.459 e. The number of nitrogens with one attached hydrogen (secondary N) is 1. The Hall–Kier alpha value is -3.21. The van der Waals surface area contributed by atoms with Crippen LogP contribution >= 0.6 is 7.75 Å². The number of nitrogens with two attached hydrogens (primary N) is 1. The number of esters is 1. The number of aliphatic imine (C=N–C) groups is 1. The Morgan fingerprint density at radius 2 is 1.90 bits per heavy atom. The second-order valence-corrected chi connectivity index (χ2v) is 11.9. The van der Waals surface area contributed by atoms with Crippen molar-refractivity contribution in [3.63, 3.8) is 0 Å². The maximum absolute atomic E-state index is 14.3. The van der Waals surface area contributed by atoms with E-state index in [0.717, 1.165) is 5.39 Å². The molecule has 0 aliphatic carbocycles. The number of aliphatic hydroxyl groups is 1. The third-order valence-corrected chi connectivity index (χ3v) is 8.40. The summed E-state index contributed by atoms with van der Waals surface area (Å²) in [5, 5.41) is 15.4. The molecule has 0 spiro atoms. The van der Waals surface area contributed by atoms with Gasteiger partial charge in [-0.3, -0.25) is 9.32 Å². The van der Waals surface area contributed by atoms with E-state index in [1.54, 1.807) is 50.1 Å². The molecule has 0 saturated carbocycles. The van der Waals surface area contributed by atoms with Gasteiger partial charge in [0.05, 0.1) is 18.3 Å². The third-order valence-electron chi connectivity index (χ3n) is 6.65. The van der Waals surface area contributed by atoms with Crippen molar-refractivity contribution in [1.29, 1.82) is 0 Å². The van der Waals surface area contributed by atoms with Crippen molar-refractivity contribution in [3.05, 3.63) is 67.1 Å². The lowest BCUT2D eigenvalue weighted by Crippen LogP contribution is -2.40. The third kappa shape index (κ3) is 6.56. The summed E-state index contributed by atoms with van der Waals surface area (Å²) in [5.74, 6) is -0.0343. The summed E-state index contributed by atoms with van der Waals surface area (Å²) < 4.78 is 37.8. The number of carbonyl (C=O) groups excluding carboxylic acids is 1. The number of ether oxygens (including phenoxy) is 2. The van der Waals surface area contributed by atoms with Gasteiger partial charge < -0.3 is 29.7 Å². The van der Waals surface area contributed by atoms with Gasteiger partial charge in [0, 0.05) is 17.5 Å². The zero-order valence-electron chi connectivity index (χ0n) is 23.3. The van der Waals surface area contributed by atoms with Crippen LogP contribution in [-0.2, 0) is 23.4 Å². The van der Waals surface area contributed by atoms with Crippen molar-refractivity contribution in [2.45, 2.75) is 71.3 Å². The Morgan fingerprint density at radius 1 is 1.20 bits per heavy atom. The van der Waals surface area contributed by atoms with Crippen molar-refractivity contribution in [2.75, 3.05) is 0 Å². The molecule has 0 radical (unpaired) electrons. The number of rotatable bonds is 10. The van der Waals surface area contributed by atoms with E-state index >= 15 is 0 Å². The van der Waals surface area contributed by atoms with Gasteiger partial charge in [-0.15, -0.1) is 0 Å². The van der Waals surface area contributed by atoms with Crippen LogP contribution in [0.3, 0.4) is 0 Å². The lowest BCUT2D eigenvalue weighted by Gasteiger charge is -2.32. The Kier molecular flexibility index (Phi) is 9.02. The average molecular weight is 573 g/mol. The number of hydrogen-bond donors (Lipinski definition) is 3. The summed E-state index contributed by atoms with van der Waals surface area (Å²) in [5.41, 5.74) is 5.76. The van der Waals surface area contributed by atoms with Gasteiger partial charge in [-0.1, -0.05) is 49.9 Å². The quantitative estimate of drug-likeness (QED) is 0.282. The first-order valence-corrected chi connectivity index (χ1v) is 14.7. The normalized spacial score (nSPS) is 25.9. The van der Waals surface area contributed by atoms with Gasteiger partial charge in [-0.05, 0) is 45.2 Å². The standard InChI is InChI=1S/C28H37N4O7P/c1-16(2)36-28(34)18(4)31-40(35,39-23-13-9-11-21-10-7-8-12-22(21)23)38-19(5)26-25(33)17(3)27(37-26)32-15-14-24(29)30-20(32)6/h7-19,25-27,33H,6H2,1-5H3,(H2,29,30)(H,31,35)/t17?,18?,19?,25?,26-,27-,40?/m1/s1. The molecule has 1 fully saturated rings. The van der Waals surface area contributed by atoms with E-state index in [4.69, 9.17) is 24.3 Å². The van der Waals surface area contributed by atoms with Gasteiger partial charge in [0.2, 0.25) is 0 Å². The van der Waals surface area contributed by atoms with Gasteiger partial charge in [-0.2, -0.15) is 5.09 Å². The van der Waals surface area contributed by atoms with Gasteiger partial charge in [0.1, 0.15) is 35.8 Å². The molecule has 11 nitrogen and oxygen atoms in total. The lowest BCUT2D eigenvalue weighted by atomic mass is 9.99. The smallest absolute Gasteiger partial charge is 0.459 e. The average Bonchev–Trinajstić information content (AvgIpc) is 3.18. The van der Waals surface area contributed by atoms with Gasteiger partial charge in [0.15, 0.2) is 0 Å². The number of carbonyl (C=O) groups is 1. The van der Waals surface area contributed by atoms with E-state index in [0.29, 0.717) is 22.8 Å². The highest BCUT2D eigenvalue weighted by molar-refractivity contribution is 7.52. The Labute approximate surface area is 234 Å². The highest BCUT2D eigenvalue weighted by Crippen LogP contribution is 2.49. The summed E-state index contributed by atoms with van der Waals surface area (Å²) in [6, 6.07) is 11.8. The van der Waals surface area contributed by atoms with E-state index in [2.05, 4.69) is 16.7 Å². The van der Waals surface area contributed by atoms with Gasteiger partial charge >= 0.3 is 13.7 Å². The fraction of sp³-hybridized carbons (Fsp3) is 0.429. The predicted molar refractivity (Wildman–Crippen MR) is 152 cm³/mol. The highest BCUT2D eigenvalue weighted by atomic mass is 31.2. The molecule has 4 rings (SSSR count). The lowest BCUT2D eigenvalue weighted by molar-refractivity contribution is -0.149. The van der Waals surface area contributed by atoms with Crippen LogP contribution in [0.15, 0.2) is 72.1 Å². The van der Waals surface area contributed by atoms with E-state index in [9.17, 15) is 14.5 Å². The van der Waals surface area contributed by atoms with Crippen molar-refractivity contribution < 1.29 is 33.0 Å². The molecule has 2 aromatic rings. The predicted octanol–water partition coefficient (Wildman–Crippen LogP) is 4.04. The largest absolute Gasteiger partial charge is 0.462 e. The molecule has 40 heavy (non-hydrogen) atoms. The number of nitrogens with zero attached hydrogens (tertiary/aromatic N) is 2. The van der Waals surface area contributed by atoms with Crippen molar-refractivity contribution in [3.8, 4) is 5.75 Å². The van der Waals surface area contributed by atoms with Crippen molar-refractivity contribution in [2.24, 2.45) is 16.6 Å². The number of benzene rings is 2. The maximum atomic E-state index is 14.3. The molecule has 2 aromatic carbocycles. The molecule has 0 aromatic heterocycles. The minimum Gasteiger partial charge on any atom is -0.462 e. The van der Waals surface area contributed by atoms with Crippen molar-refractivity contribution in [1.82, 2.24) is 9.99 Å². The summed E-state index contributed by atoms with van der Waals surface area (Å²) in [6.45, 7) is 12.3. The SMILES string of the molecule is C=C1N=C(N)C=CN1[C@@H]1O[C@H](C(C)OP(=O)(NC(C)C(=O)OC(C)C)Oc2cccc3ccccc23)C(O)C1C. The molecule has 7 atom stereocenters. The second kappa shape index (κ2) is 12.1. The number of hydrogen-bond acceptors (Lipinski definition) is 10. The summed E-state index contributed by atoms with van der Waals surface area (Å²) in [6.07, 6.45) is -0.512. The molecule has 4 N–H and O–H groups in total. The molecule has 12 heteroatoms. The van der Waals surface area contributed by atoms with Gasteiger partial charge in [-0.25, -0.2) is 9.56 Å². The molecular weight excluding hydrogens is 535 g/mol. The van der Waals surface area contributed by atoms with Crippen LogP contribution in [0.25, 0.3) is 10.8 Å². The van der Waals surface area contributed by atoms with Crippen LogP contribution in [0, 0.1) is 5.92 Å². The van der Waals surface area contributed by atoms with E-state index in [-0.39, 0.29) is 6.10 Å². The molecule has 216 valence electrons. The first-order valence-electron chi connectivity index (χ1n) is 13.2. The number of amidine groups is 1. The summed E-state index contributed by atoms with van der Waals surface area (Å²) in [4.78, 5) is 18.4. The van der Waals surface area contributed by atoms with Crippen LogP contribution in [0.1, 0.15) is 34.6 Å². The van der Waals surface area contributed by atoms with E-state index < -0.39 is 50.2 Å². The van der Waals surface area contributed by atoms with Gasteiger partial charge in [0.25, 0.3) is 0 Å². The van der Waals surface area contributed by atoms with Crippen LogP contribution in [0.4, 0.5) is 0 Å². The molecule has 2 heterocycles. The number of fused-ring (bicyclic) bond motifs is 1. The Morgan fingerprint density at radius 3 is 2.60 bits per heavy atom. The molecule has 5 unspecified atom stereocenters. The monoisotopic (exact) mass is 572 g/mol. The molecule has 2 aliphatic rings. The molecule has 0 amide bonds. The Balaban J connectivity index is 1.58. The zero-order chi connectivity index (χ0) is 29.2.